The van der Waals surface area contributed by atoms with E-state index in [4.69, 9.17) is 9.47 Å². The molecule has 0 aromatic heterocycles. The smallest absolute Gasteiger partial charge is 0.193 e. The number of likely N-dealkylation sites (N-methyl/N-ethyl adjacent to an activating group) is 1. The molecule has 0 aliphatic rings. The lowest BCUT2D eigenvalue weighted by Crippen LogP contribution is -2.40. The Balaban J connectivity index is 1.77. The lowest BCUT2D eigenvalue weighted by Gasteiger charge is -2.22. The quantitative estimate of drug-likeness (QED) is 0.368. The molecule has 6 heteroatoms. The molecule has 0 bridgehead atoms. The number of nitrogens with one attached hydrogen (secondary N) is 1. The molecule has 2 aromatic carbocycles. The average molecular weight is 413 g/mol. The lowest BCUT2D eigenvalue weighted by molar-refractivity contribution is 0.354. The van der Waals surface area contributed by atoms with Gasteiger partial charge in [-0.3, -0.25) is 4.99 Å². The summed E-state index contributed by atoms with van der Waals surface area (Å²) in [6, 6.07) is 14.8. The zero-order valence-electron chi connectivity index (χ0n) is 19.2. The number of aliphatic imine (C=N–C) groups is 1. The van der Waals surface area contributed by atoms with E-state index in [0.29, 0.717) is 0 Å². The Labute approximate surface area is 181 Å². The maximum Gasteiger partial charge on any atom is 0.193 e. The van der Waals surface area contributed by atoms with E-state index < -0.39 is 0 Å². The molecule has 0 saturated carbocycles. The van der Waals surface area contributed by atoms with Crippen LogP contribution in [-0.2, 0) is 12.8 Å². The summed E-state index contributed by atoms with van der Waals surface area (Å²) in [5, 5.41) is 3.47. The summed E-state index contributed by atoms with van der Waals surface area (Å²) in [6.45, 7) is 1.75. The first-order valence-corrected chi connectivity index (χ1v) is 10.4. The highest BCUT2D eigenvalue weighted by Gasteiger charge is 2.08. The molecule has 0 atom stereocenters. The van der Waals surface area contributed by atoms with Crippen molar-refractivity contribution in [2.24, 2.45) is 4.99 Å². The van der Waals surface area contributed by atoms with Gasteiger partial charge in [-0.15, -0.1) is 0 Å². The van der Waals surface area contributed by atoms with E-state index in [-0.39, 0.29) is 0 Å². The molecule has 0 fully saturated rings. The zero-order chi connectivity index (χ0) is 21.9. The molecule has 164 valence electrons. The maximum absolute atomic E-state index is 5.40. The predicted octanol–water partition coefficient (Wildman–Crippen LogP) is 3.45. The van der Waals surface area contributed by atoms with E-state index in [1.165, 1.54) is 16.8 Å². The number of hydrogen-bond donors (Lipinski definition) is 1. The third-order valence-electron chi connectivity index (χ3n) is 5.14. The fourth-order valence-electron chi connectivity index (χ4n) is 3.28. The predicted molar refractivity (Wildman–Crippen MR) is 126 cm³/mol. The van der Waals surface area contributed by atoms with Gasteiger partial charge in [0.1, 0.15) is 0 Å². The van der Waals surface area contributed by atoms with Crippen molar-refractivity contribution in [3.05, 3.63) is 53.6 Å². The molecule has 6 nitrogen and oxygen atoms in total. The molecule has 0 radical (unpaired) electrons. The standard InChI is InChI=1S/C24H36N4O2/c1-25-24(26-16-7-8-19-9-12-21(13-10-19)27(2)3)28(4)17-15-20-11-14-22(29-5)23(18-20)30-6/h9-14,18H,7-8,15-17H2,1-6H3,(H,25,26). The number of anilines is 1. The first-order valence-electron chi connectivity index (χ1n) is 10.4. The van der Waals surface area contributed by atoms with Gasteiger partial charge >= 0.3 is 0 Å². The molecule has 0 unspecified atom stereocenters. The third-order valence-corrected chi connectivity index (χ3v) is 5.14. The highest BCUT2D eigenvalue weighted by molar-refractivity contribution is 5.79. The van der Waals surface area contributed by atoms with Gasteiger partial charge in [-0.05, 0) is 54.7 Å². The summed E-state index contributed by atoms with van der Waals surface area (Å²) >= 11 is 0. The number of benzene rings is 2. The van der Waals surface area contributed by atoms with E-state index in [1.54, 1.807) is 14.2 Å². The van der Waals surface area contributed by atoms with Crippen LogP contribution < -0.4 is 19.7 Å². The SMILES string of the molecule is CN=C(NCCCc1ccc(N(C)C)cc1)N(C)CCc1ccc(OC)c(OC)c1. The van der Waals surface area contributed by atoms with Crippen molar-refractivity contribution in [3.8, 4) is 11.5 Å². The van der Waals surface area contributed by atoms with Crippen molar-refractivity contribution in [1.29, 1.82) is 0 Å². The van der Waals surface area contributed by atoms with Gasteiger partial charge in [0.05, 0.1) is 14.2 Å². The molecule has 1 N–H and O–H groups in total. The van der Waals surface area contributed by atoms with Gasteiger partial charge in [0.15, 0.2) is 17.5 Å². The van der Waals surface area contributed by atoms with Gasteiger partial charge < -0.3 is 24.6 Å². The second kappa shape index (κ2) is 12.0. The van der Waals surface area contributed by atoms with Crippen LogP contribution in [0.25, 0.3) is 0 Å². The second-order valence-corrected chi connectivity index (χ2v) is 7.50. The molecule has 0 aliphatic carbocycles. The van der Waals surface area contributed by atoms with Crippen LogP contribution >= 0.6 is 0 Å². The highest BCUT2D eigenvalue weighted by Crippen LogP contribution is 2.27. The Kier molecular flexibility index (Phi) is 9.32. The van der Waals surface area contributed by atoms with Crippen molar-refractivity contribution < 1.29 is 9.47 Å². The van der Waals surface area contributed by atoms with E-state index in [2.05, 4.69) is 71.6 Å². The number of nitrogens with zero attached hydrogens (tertiary/aromatic N) is 3. The summed E-state index contributed by atoms with van der Waals surface area (Å²) in [4.78, 5) is 8.69. The van der Waals surface area contributed by atoms with Crippen molar-refractivity contribution in [2.45, 2.75) is 19.3 Å². The summed E-state index contributed by atoms with van der Waals surface area (Å²) in [6.07, 6.45) is 3.01. The van der Waals surface area contributed by atoms with Crippen molar-refractivity contribution in [2.75, 3.05) is 60.4 Å². The zero-order valence-corrected chi connectivity index (χ0v) is 19.2. The van der Waals surface area contributed by atoms with E-state index in [0.717, 1.165) is 49.8 Å². The minimum Gasteiger partial charge on any atom is -0.493 e. The molecular formula is C24H36N4O2. The minimum absolute atomic E-state index is 0.753. The lowest BCUT2D eigenvalue weighted by atomic mass is 10.1. The van der Waals surface area contributed by atoms with Crippen LogP contribution in [0.5, 0.6) is 11.5 Å². The van der Waals surface area contributed by atoms with Crippen LogP contribution in [0.4, 0.5) is 5.69 Å². The molecule has 0 heterocycles. The molecule has 0 amide bonds. The average Bonchev–Trinajstić information content (AvgIpc) is 2.77. The number of ether oxygens (including phenoxy) is 2. The first-order chi connectivity index (χ1) is 14.5. The van der Waals surface area contributed by atoms with E-state index >= 15 is 0 Å². The van der Waals surface area contributed by atoms with Gasteiger partial charge in [-0.25, -0.2) is 0 Å². The summed E-state index contributed by atoms with van der Waals surface area (Å²) in [7, 11) is 11.3. The Morgan fingerprint density at radius 3 is 2.17 bits per heavy atom. The number of guanidine groups is 1. The van der Waals surface area contributed by atoms with Crippen LogP contribution in [-0.4, -0.2) is 66.4 Å². The number of hydrogen-bond acceptors (Lipinski definition) is 4. The number of methoxy groups -OCH3 is 2. The summed E-state index contributed by atoms with van der Waals surface area (Å²) < 4.78 is 10.7. The molecular weight excluding hydrogens is 376 g/mol. The number of rotatable bonds is 10. The normalized spacial score (nSPS) is 11.2. The maximum atomic E-state index is 5.40. The molecule has 30 heavy (non-hydrogen) atoms. The molecule has 0 saturated heterocycles. The first kappa shape index (κ1) is 23.4. The van der Waals surface area contributed by atoms with Crippen LogP contribution in [0.1, 0.15) is 17.5 Å². The van der Waals surface area contributed by atoms with Crippen LogP contribution in [0.3, 0.4) is 0 Å². The summed E-state index contributed by atoms with van der Waals surface area (Å²) in [5.41, 5.74) is 3.80. The van der Waals surface area contributed by atoms with Crippen LogP contribution in [0.2, 0.25) is 0 Å². The van der Waals surface area contributed by atoms with Crippen LogP contribution in [0, 0.1) is 0 Å². The second-order valence-electron chi connectivity index (χ2n) is 7.50. The molecule has 0 spiro atoms. The Morgan fingerprint density at radius 1 is 0.900 bits per heavy atom. The van der Waals surface area contributed by atoms with Gasteiger partial charge in [-0.2, -0.15) is 0 Å². The Hall–Kier alpha value is -2.89. The minimum atomic E-state index is 0.753. The largest absolute Gasteiger partial charge is 0.493 e. The van der Waals surface area contributed by atoms with Gasteiger partial charge in [0.25, 0.3) is 0 Å². The summed E-state index contributed by atoms with van der Waals surface area (Å²) in [5.74, 6) is 2.43. The Morgan fingerprint density at radius 2 is 1.57 bits per heavy atom. The van der Waals surface area contributed by atoms with Gasteiger partial charge in [-0.1, -0.05) is 18.2 Å². The van der Waals surface area contributed by atoms with Gasteiger partial charge in [0.2, 0.25) is 0 Å². The van der Waals surface area contributed by atoms with Crippen LogP contribution in [0.15, 0.2) is 47.5 Å². The topological polar surface area (TPSA) is 49.3 Å². The van der Waals surface area contributed by atoms with Gasteiger partial charge in [0, 0.05) is 47.0 Å². The van der Waals surface area contributed by atoms with Crippen molar-refractivity contribution >= 4 is 11.6 Å². The number of aryl methyl sites for hydroxylation is 1. The van der Waals surface area contributed by atoms with Crippen molar-refractivity contribution in [3.63, 3.8) is 0 Å². The molecule has 2 aromatic rings. The third kappa shape index (κ3) is 6.87. The van der Waals surface area contributed by atoms with E-state index in [1.807, 2.05) is 19.2 Å². The monoisotopic (exact) mass is 412 g/mol. The van der Waals surface area contributed by atoms with Crippen molar-refractivity contribution in [1.82, 2.24) is 10.2 Å². The Bertz CT molecular complexity index is 803. The molecule has 2 rings (SSSR count). The fourth-order valence-corrected chi connectivity index (χ4v) is 3.28. The van der Waals surface area contributed by atoms with E-state index in [9.17, 15) is 0 Å². The fraction of sp³-hybridized carbons (Fsp3) is 0.458. The molecule has 0 aliphatic heterocycles. The highest BCUT2D eigenvalue weighted by atomic mass is 16.5.